The molecule has 2 bridgehead atoms. The lowest BCUT2D eigenvalue weighted by Crippen LogP contribution is -2.60. The van der Waals surface area contributed by atoms with Gasteiger partial charge in [0.2, 0.25) is 59.1 Å². The first-order valence-corrected chi connectivity index (χ1v) is 34.1. The van der Waals surface area contributed by atoms with Gasteiger partial charge in [0.15, 0.2) is 35.8 Å². The standard InChI is InChI=1S/C59H113N33O11/c1-31-45(95)82-38(18-10-26-77-56(66)67)50(100)86-40(20-12-28-79-58(70)71)52(102)87-39(19-11-27-78-57(68)69)51(101)85-36(49(99)84-35(14-4-6-22-60)48(98)88-41(21-13-29-80-59(72)73)53(103)89-43(33(3)93)44(61)94)15-5-7-23-74-34(16-8-24-75-54(62)63)42-30-92(91-90-42)32(2)46(96)83-37(47(97)81-31)17-9-25-76-55(64)65/h30-41,43,74,93H,4-29,60H2,1-3H3,(H2,61,94)(H,81,97)(H,82,95)(H,83,96)(H,84,99)(H,85,101)(H,86,100)(H,87,102)(H,88,98)(H,89,103)(H4,62,63,75)(H4,64,65,76)(H4,66,67,77)(H4,68,69,78)(H4,70,71,79)(H4,72,73,80)/t31-,32?,33+,34?,35-,36-,37-,38-,39-,40-,41-,43-/m0/s1. The van der Waals surface area contributed by atoms with Crippen molar-refractivity contribution < 1.29 is 53.1 Å². The number of aliphatic imine (C=N–C) groups is 6. The van der Waals surface area contributed by atoms with Gasteiger partial charge < -0.3 is 139 Å². The van der Waals surface area contributed by atoms with Crippen LogP contribution in [-0.4, -0.2) is 228 Å². The first-order chi connectivity index (χ1) is 48.7. The molecule has 44 nitrogen and oxygen atoms in total. The molecule has 0 radical (unpaired) electrons. The molecule has 580 valence electrons. The monoisotopic (exact) mass is 1460 g/mol. The van der Waals surface area contributed by atoms with Crippen LogP contribution in [-0.2, 0) is 47.9 Å². The molecule has 0 saturated heterocycles. The smallest absolute Gasteiger partial charge is 0.245 e. The van der Waals surface area contributed by atoms with E-state index in [-0.39, 0.29) is 178 Å². The second-order valence-corrected chi connectivity index (χ2v) is 24.6. The largest absolute Gasteiger partial charge is 0.391 e. The Morgan fingerprint density at radius 3 is 1.33 bits per heavy atom. The molecule has 1 aliphatic rings. The summed E-state index contributed by atoms with van der Waals surface area (Å²) in [5.41, 5.74) is 78.9. The normalized spacial score (nSPS) is 20.9. The fourth-order valence-corrected chi connectivity index (χ4v) is 10.3. The molecule has 0 spiro atoms. The number of hydrogen-bond donors (Lipinski definition) is 25. The lowest BCUT2D eigenvalue weighted by Gasteiger charge is -2.28. The summed E-state index contributed by atoms with van der Waals surface area (Å²) in [6, 6.07) is -14.7. The molecule has 0 aliphatic carbocycles. The number of fused-ring (bicyclic) bond motifs is 2. The topological polar surface area (TPSA) is 780 Å². The van der Waals surface area contributed by atoms with Crippen molar-refractivity contribution >= 4 is 94.8 Å². The lowest BCUT2D eigenvalue weighted by molar-refractivity contribution is -0.136. The molecule has 0 fully saturated rings. The third-order valence-electron chi connectivity index (χ3n) is 15.9. The SMILES string of the molecule is CC1C(=O)N[C@@H](CCCN=C(N)N)C(=O)N[C@@H](C)C(=O)N[C@@H](CCCN=C(N)N)C(=O)N[C@@H](CCCN=C(N)N)C(=O)N[C@@H](CCCN=C(N)N)C(=O)N[C@H](C(=O)N[C@@H](CCCCN)C(=O)N[C@@H](CCCN=C(N)N)C(=O)N[C@H](C(N)=O)[C@@H](C)O)CCCCNC(CCCN=C(N)N)c2cn1nn2. The van der Waals surface area contributed by atoms with Crippen LogP contribution >= 0.6 is 0 Å². The number of carbonyl (C=O) groups excluding carboxylic acids is 10. The third kappa shape index (κ3) is 36.5. The number of amides is 10. The summed E-state index contributed by atoms with van der Waals surface area (Å²) < 4.78 is 1.29. The van der Waals surface area contributed by atoms with Gasteiger partial charge in [-0.3, -0.25) is 77.9 Å². The maximum Gasteiger partial charge on any atom is 0.245 e. The van der Waals surface area contributed by atoms with Crippen LogP contribution in [0, 0.1) is 0 Å². The average Bonchev–Trinajstić information content (AvgIpc) is 1.81. The van der Waals surface area contributed by atoms with E-state index in [1.54, 1.807) is 0 Å². The zero-order valence-electron chi connectivity index (χ0n) is 59.0. The van der Waals surface area contributed by atoms with Crippen molar-refractivity contribution in [2.45, 2.75) is 209 Å². The number of aliphatic hydroxyl groups excluding tert-OH is 1. The number of hydrogen-bond acceptors (Lipinski definition) is 21. The van der Waals surface area contributed by atoms with Crippen LogP contribution in [0.3, 0.4) is 0 Å². The highest BCUT2D eigenvalue weighted by Gasteiger charge is 2.36. The predicted octanol–water partition coefficient (Wildman–Crippen LogP) is -10.6. The quantitative estimate of drug-likeness (QED) is 0.0169. The summed E-state index contributed by atoms with van der Waals surface area (Å²) >= 11 is 0. The van der Waals surface area contributed by atoms with Gasteiger partial charge >= 0.3 is 0 Å². The van der Waals surface area contributed by atoms with E-state index in [4.69, 9.17) is 80.3 Å². The summed E-state index contributed by atoms with van der Waals surface area (Å²) in [4.78, 5) is 167. The Labute approximate surface area is 597 Å². The number of primary amides is 1. The molecule has 2 rings (SSSR count). The van der Waals surface area contributed by atoms with Crippen molar-refractivity contribution in [3.63, 3.8) is 0 Å². The summed E-state index contributed by atoms with van der Waals surface area (Å²) in [5, 5.41) is 46.2. The lowest BCUT2D eigenvalue weighted by atomic mass is 10.0. The fraction of sp³-hybridized carbons (Fsp3) is 0.695. The Kier molecular flexibility index (Phi) is 41.4. The highest BCUT2D eigenvalue weighted by molar-refractivity contribution is 5.99. The van der Waals surface area contributed by atoms with Crippen LogP contribution in [0.25, 0.3) is 0 Å². The van der Waals surface area contributed by atoms with Gasteiger partial charge in [0.25, 0.3) is 0 Å². The number of rotatable bonds is 36. The Morgan fingerprint density at radius 1 is 0.505 bits per heavy atom. The predicted molar refractivity (Wildman–Crippen MR) is 386 cm³/mol. The molecule has 44 heteroatoms. The molecule has 103 heavy (non-hydrogen) atoms. The number of unbranched alkanes of at least 4 members (excludes halogenated alkanes) is 1. The number of nitrogens with two attached hydrogens (primary N) is 14. The van der Waals surface area contributed by atoms with Crippen LogP contribution in [0.1, 0.15) is 154 Å². The molecule has 1 aromatic heterocycles. The van der Waals surface area contributed by atoms with Crippen molar-refractivity contribution in [1.29, 1.82) is 0 Å². The molecule has 2 unspecified atom stereocenters. The minimum atomic E-state index is -1.57. The molecule has 10 amide bonds. The fourth-order valence-electron chi connectivity index (χ4n) is 10.3. The van der Waals surface area contributed by atoms with Gasteiger partial charge in [-0.25, -0.2) is 4.68 Å². The highest BCUT2D eigenvalue weighted by atomic mass is 16.3. The van der Waals surface area contributed by atoms with Gasteiger partial charge in [0, 0.05) is 39.3 Å². The summed E-state index contributed by atoms with van der Waals surface area (Å²) in [7, 11) is 0. The van der Waals surface area contributed by atoms with E-state index >= 15 is 9.59 Å². The van der Waals surface area contributed by atoms with Gasteiger partial charge in [0.05, 0.1) is 24.0 Å². The number of nitrogens with zero attached hydrogens (tertiary/aromatic N) is 9. The van der Waals surface area contributed by atoms with Gasteiger partial charge in [0.1, 0.15) is 60.4 Å². The van der Waals surface area contributed by atoms with Crippen molar-refractivity contribution in [2.24, 2.45) is 110 Å². The van der Waals surface area contributed by atoms with Gasteiger partial charge in [-0.05, 0) is 149 Å². The summed E-state index contributed by atoms with van der Waals surface area (Å²) in [5.74, 6) is -10.4. The molecule has 1 aliphatic heterocycles. The third-order valence-corrected chi connectivity index (χ3v) is 15.9. The van der Waals surface area contributed by atoms with Crippen molar-refractivity contribution in [1.82, 2.24) is 68.2 Å². The number of aliphatic hydroxyl groups is 1. The molecule has 39 N–H and O–H groups in total. The van der Waals surface area contributed by atoms with E-state index in [2.05, 4.69) is 93.4 Å². The zero-order chi connectivity index (χ0) is 77.1. The van der Waals surface area contributed by atoms with Crippen LogP contribution in [0.2, 0.25) is 0 Å². The number of aromatic nitrogens is 3. The molecule has 0 aromatic carbocycles. The molecule has 1 aromatic rings. The van der Waals surface area contributed by atoms with Gasteiger partial charge in [-0.15, -0.1) is 5.10 Å². The van der Waals surface area contributed by atoms with E-state index in [1.165, 1.54) is 31.6 Å². The van der Waals surface area contributed by atoms with E-state index < -0.39 is 132 Å². The highest BCUT2D eigenvalue weighted by Crippen LogP contribution is 2.20. The second kappa shape index (κ2) is 48.2. The molecular formula is C59H113N33O11. The summed E-state index contributed by atoms with van der Waals surface area (Å²) in [6.45, 7) is 4.66. The van der Waals surface area contributed by atoms with Crippen molar-refractivity contribution in [2.75, 3.05) is 52.4 Å². The van der Waals surface area contributed by atoms with Crippen molar-refractivity contribution in [3.8, 4) is 0 Å². The van der Waals surface area contributed by atoms with Crippen LogP contribution in [0.15, 0.2) is 36.2 Å². The van der Waals surface area contributed by atoms with Crippen LogP contribution in [0.4, 0.5) is 0 Å². The minimum absolute atomic E-state index is 0.00790. The molecular weight excluding hydrogens is 1350 g/mol. The second-order valence-electron chi connectivity index (χ2n) is 24.6. The van der Waals surface area contributed by atoms with E-state index in [0.717, 1.165) is 0 Å². The Hall–Kier alpha value is -10.7. The Balaban J connectivity index is 2.99. The number of carbonyl (C=O) groups is 10. The minimum Gasteiger partial charge on any atom is -0.391 e. The van der Waals surface area contributed by atoms with E-state index in [1.807, 2.05) is 0 Å². The first-order valence-electron chi connectivity index (χ1n) is 34.1. The first kappa shape index (κ1) is 88.4. The van der Waals surface area contributed by atoms with Crippen LogP contribution in [0.5, 0.6) is 0 Å². The van der Waals surface area contributed by atoms with E-state index in [9.17, 15) is 43.5 Å². The van der Waals surface area contributed by atoms with Crippen LogP contribution < -0.4 is 133 Å². The molecule has 12 atom stereocenters. The van der Waals surface area contributed by atoms with Crippen molar-refractivity contribution in [3.05, 3.63) is 11.9 Å². The zero-order valence-corrected chi connectivity index (χ0v) is 59.0. The Morgan fingerprint density at radius 2 is 0.893 bits per heavy atom. The average molecular weight is 1460 g/mol. The Bertz CT molecular complexity index is 3060. The van der Waals surface area contributed by atoms with E-state index in [0.29, 0.717) is 31.4 Å². The maximum absolute atomic E-state index is 15.0. The number of guanidine groups is 6. The maximum atomic E-state index is 15.0. The molecule has 0 saturated carbocycles. The summed E-state index contributed by atoms with van der Waals surface area (Å²) in [6.07, 6.45) is 1.61. The van der Waals surface area contributed by atoms with Gasteiger partial charge in [-0.1, -0.05) is 5.21 Å². The van der Waals surface area contributed by atoms with Gasteiger partial charge in [-0.2, -0.15) is 0 Å². The number of nitrogens with one attached hydrogen (secondary N) is 10. The molecule has 2 heterocycles.